The van der Waals surface area contributed by atoms with Gasteiger partial charge in [-0.25, -0.2) is 9.88 Å². The van der Waals surface area contributed by atoms with Gasteiger partial charge in [0.1, 0.15) is 5.78 Å². The van der Waals surface area contributed by atoms with E-state index in [1.54, 1.807) is 11.6 Å². The van der Waals surface area contributed by atoms with Gasteiger partial charge in [0.2, 0.25) is 11.8 Å². The number of anilines is 1. The van der Waals surface area contributed by atoms with Crippen LogP contribution < -0.4 is 4.90 Å². The number of ketones is 1. The van der Waals surface area contributed by atoms with E-state index in [0.29, 0.717) is 12.1 Å². The third-order valence-corrected chi connectivity index (χ3v) is 6.43. The van der Waals surface area contributed by atoms with E-state index in [-0.39, 0.29) is 35.4 Å². The lowest BCUT2D eigenvalue weighted by Gasteiger charge is -2.41. The molecule has 2 amide bonds. The number of hydrogen-bond donors (Lipinski definition) is 0. The van der Waals surface area contributed by atoms with Gasteiger partial charge in [-0.3, -0.25) is 14.4 Å². The maximum Gasteiger partial charge on any atom is 0.238 e. The van der Waals surface area contributed by atoms with Gasteiger partial charge in [0.25, 0.3) is 0 Å². The summed E-state index contributed by atoms with van der Waals surface area (Å²) < 4.78 is 0.956. The largest absolute Gasteiger partial charge is 0.299 e. The Kier molecular flexibility index (Phi) is 2.60. The first-order chi connectivity index (χ1) is 11.1. The van der Waals surface area contributed by atoms with Crippen molar-refractivity contribution >= 4 is 44.8 Å². The van der Waals surface area contributed by atoms with Crippen molar-refractivity contribution in [1.82, 2.24) is 4.98 Å². The highest BCUT2D eigenvalue weighted by Gasteiger charge is 2.60. The van der Waals surface area contributed by atoms with Crippen LogP contribution in [0.15, 0.2) is 23.7 Å². The zero-order chi connectivity index (χ0) is 15.7. The fraction of sp³-hybridized carbons (Fsp3) is 0.412. The Labute approximate surface area is 136 Å². The lowest BCUT2D eigenvalue weighted by Crippen LogP contribution is -2.46. The van der Waals surface area contributed by atoms with Crippen molar-refractivity contribution in [1.29, 1.82) is 0 Å². The first-order valence-electron chi connectivity index (χ1n) is 7.89. The number of nitrogens with zero attached hydrogens (tertiary/aromatic N) is 2. The molecule has 1 saturated heterocycles. The van der Waals surface area contributed by atoms with Gasteiger partial charge in [-0.1, -0.05) is 0 Å². The van der Waals surface area contributed by atoms with Gasteiger partial charge >= 0.3 is 0 Å². The van der Waals surface area contributed by atoms with E-state index in [2.05, 4.69) is 4.98 Å². The van der Waals surface area contributed by atoms with Crippen LogP contribution in [0.1, 0.15) is 19.3 Å². The summed E-state index contributed by atoms with van der Waals surface area (Å²) in [4.78, 5) is 43.5. The number of aromatic nitrogens is 1. The Morgan fingerprint density at radius 1 is 1.09 bits per heavy atom. The van der Waals surface area contributed by atoms with E-state index >= 15 is 0 Å². The van der Waals surface area contributed by atoms with E-state index in [9.17, 15) is 14.4 Å². The predicted octanol–water partition coefficient (Wildman–Crippen LogP) is 2.40. The molecule has 4 fully saturated rings. The van der Waals surface area contributed by atoms with Gasteiger partial charge in [-0.2, -0.15) is 0 Å². The van der Waals surface area contributed by atoms with Gasteiger partial charge in [0, 0.05) is 12.3 Å². The van der Waals surface area contributed by atoms with Crippen LogP contribution in [0.25, 0.3) is 10.2 Å². The molecule has 2 bridgehead atoms. The summed E-state index contributed by atoms with van der Waals surface area (Å²) in [5.41, 5.74) is 3.23. The summed E-state index contributed by atoms with van der Waals surface area (Å²) in [5.74, 6) is -1.07. The van der Waals surface area contributed by atoms with E-state index in [4.69, 9.17) is 0 Å². The number of benzene rings is 1. The van der Waals surface area contributed by atoms with Crippen molar-refractivity contribution in [3.05, 3.63) is 23.7 Å². The second kappa shape index (κ2) is 4.47. The van der Waals surface area contributed by atoms with Gasteiger partial charge in [-0.15, -0.1) is 11.3 Å². The summed E-state index contributed by atoms with van der Waals surface area (Å²) in [6.45, 7) is 0. The predicted molar refractivity (Wildman–Crippen MR) is 84.9 cm³/mol. The fourth-order valence-electron chi connectivity index (χ4n) is 4.62. The fourth-order valence-corrected chi connectivity index (χ4v) is 5.33. The van der Waals surface area contributed by atoms with Crippen molar-refractivity contribution in [3.8, 4) is 0 Å². The highest BCUT2D eigenvalue weighted by atomic mass is 32.1. The Morgan fingerprint density at radius 2 is 1.91 bits per heavy atom. The second-order valence-electron chi connectivity index (χ2n) is 6.68. The molecule has 3 aliphatic carbocycles. The summed E-state index contributed by atoms with van der Waals surface area (Å²) in [5, 5.41) is 0. The van der Waals surface area contributed by atoms with Gasteiger partial charge < -0.3 is 0 Å². The van der Waals surface area contributed by atoms with Crippen LogP contribution in [0.4, 0.5) is 5.69 Å². The van der Waals surface area contributed by atoms with E-state index in [1.165, 1.54) is 16.2 Å². The van der Waals surface area contributed by atoms with E-state index < -0.39 is 5.92 Å². The molecule has 2 aromatic rings. The Hall–Kier alpha value is -2.08. The number of fused-ring (bicyclic) bond motifs is 3. The minimum absolute atomic E-state index is 0.0473. The smallest absolute Gasteiger partial charge is 0.238 e. The topological polar surface area (TPSA) is 67.3 Å². The van der Waals surface area contributed by atoms with Crippen LogP contribution in [0, 0.1) is 23.7 Å². The van der Waals surface area contributed by atoms with Gasteiger partial charge in [0.05, 0.1) is 33.3 Å². The number of carbonyl (C=O) groups is 3. The zero-order valence-corrected chi connectivity index (χ0v) is 13.1. The molecule has 23 heavy (non-hydrogen) atoms. The molecular formula is C17H14N2O3S. The van der Waals surface area contributed by atoms with Crippen LogP contribution in [-0.2, 0) is 14.4 Å². The molecule has 0 radical (unpaired) electrons. The molecule has 4 aliphatic rings. The van der Waals surface area contributed by atoms with Crippen molar-refractivity contribution in [2.75, 3.05) is 4.90 Å². The molecule has 5 nitrogen and oxygen atoms in total. The van der Waals surface area contributed by atoms with Crippen molar-refractivity contribution in [3.63, 3.8) is 0 Å². The molecular weight excluding hydrogens is 312 g/mol. The van der Waals surface area contributed by atoms with Crippen LogP contribution in [0.5, 0.6) is 0 Å². The van der Waals surface area contributed by atoms with Crippen molar-refractivity contribution in [2.24, 2.45) is 23.7 Å². The SMILES string of the molecule is O=C1C[C@H]2CC[C@@H]1[C@H]1C(=O)N(c3ccc4ncsc4c3)C(=O)[C@@H]21. The summed E-state index contributed by atoms with van der Waals surface area (Å²) in [6.07, 6.45) is 2.11. The standard InChI is InChI=1S/C17H14N2O3S/c20-12-5-8-1-3-10(12)15-14(8)16(21)19(17(15)22)9-2-4-11-13(6-9)23-7-18-11/h2,4,6-8,10,14-15H,1,3,5H2/t8-,10+,14+,15-/m1/s1. The molecule has 2 heterocycles. The Bertz CT molecular complexity index is 874. The quantitative estimate of drug-likeness (QED) is 0.755. The zero-order valence-electron chi connectivity index (χ0n) is 12.3. The minimum Gasteiger partial charge on any atom is -0.299 e. The molecule has 1 aromatic carbocycles. The molecule has 4 atom stereocenters. The average Bonchev–Trinajstić information content (AvgIpc) is 3.11. The molecule has 6 rings (SSSR count). The summed E-state index contributed by atoms with van der Waals surface area (Å²) >= 11 is 1.49. The van der Waals surface area contributed by atoms with Gasteiger partial charge in [0.15, 0.2) is 0 Å². The maximum absolute atomic E-state index is 12.9. The Morgan fingerprint density at radius 3 is 2.74 bits per heavy atom. The molecule has 0 N–H and O–H groups in total. The average molecular weight is 326 g/mol. The number of amides is 2. The number of thiazole rings is 1. The molecule has 1 aliphatic heterocycles. The minimum atomic E-state index is -0.431. The maximum atomic E-state index is 12.9. The molecule has 0 unspecified atom stereocenters. The molecule has 1 aromatic heterocycles. The van der Waals surface area contributed by atoms with Crippen LogP contribution >= 0.6 is 11.3 Å². The van der Waals surface area contributed by atoms with Crippen molar-refractivity contribution in [2.45, 2.75) is 19.3 Å². The summed E-state index contributed by atoms with van der Waals surface area (Å²) in [6, 6.07) is 5.46. The van der Waals surface area contributed by atoms with Crippen LogP contribution in [-0.4, -0.2) is 22.6 Å². The van der Waals surface area contributed by atoms with Crippen LogP contribution in [0.3, 0.4) is 0 Å². The summed E-state index contributed by atoms with van der Waals surface area (Å²) in [7, 11) is 0. The highest BCUT2D eigenvalue weighted by molar-refractivity contribution is 7.16. The molecule has 6 heteroatoms. The third kappa shape index (κ3) is 1.67. The monoisotopic (exact) mass is 326 g/mol. The Balaban J connectivity index is 1.60. The lowest BCUT2D eigenvalue weighted by atomic mass is 9.59. The normalized spacial score (nSPS) is 32.9. The number of carbonyl (C=O) groups excluding carboxylic acids is 3. The first kappa shape index (κ1) is 13.4. The van der Waals surface area contributed by atoms with Crippen molar-refractivity contribution < 1.29 is 14.4 Å². The third-order valence-electron chi connectivity index (χ3n) is 5.64. The lowest BCUT2D eigenvalue weighted by molar-refractivity contribution is -0.143. The van der Waals surface area contributed by atoms with E-state index in [0.717, 1.165) is 23.1 Å². The highest BCUT2D eigenvalue weighted by Crippen LogP contribution is 2.52. The van der Waals surface area contributed by atoms with E-state index in [1.807, 2.05) is 12.1 Å². The number of rotatable bonds is 1. The number of Topliss-reactive ketones (excluding diaryl/α,β-unsaturated/α-hetero) is 1. The van der Waals surface area contributed by atoms with Gasteiger partial charge in [-0.05, 0) is 37.0 Å². The molecule has 0 spiro atoms. The molecule has 3 saturated carbocycles. The number of imide groups is 1. The first-order valence-corrected chi connectivity index (χ1v) is 8.77. The van der Waals surface area contributed by atoms with Crippen LogP contribution in [0.2, 0.25) is 0 Å². The molecule has 116 valence electrons. The second-order valence-corrected chi connectivity index (χ2v) is 7.57. The number of hydrogen-bond acceptors (Lipinski definition) is 5.